The molecule has 0 unspecified atom stereocenters. The number of amides is 1. The van der Waals surface area contributed by atoms with E-state index in [1.54, 1.807) is 24.3 Å². The summed E-state index contributed by atoms with van der Waals surface area (Å²) in [5.74, 6) is -4.17. The third-order valence-corrected chi connectivity index (χ3v) is 3.52. The number of carbonyl (C=O) groups excluding carboxylic acids is 1. The van der Waals surface area contributed by atoms with E-state index in [0.29, 0.717) is 16.3 Å². The van der Waals surface area contributed by atoms with Gasteiger partial charge in [-0.1, -0.05) is 24.3 Å². The lowest BCUT2D eigenvalue weighted by Crippen LogP contribution is -2.22. The molecule has 0 fully saturated rings. The Morgan fingerprint density at radius 3 is 2.25 bits per heavy atom. The maximum Gasteiger partial charge on any atom is 0.394 e. The first-order valence-electron chi connectivity index (χ1n) is 6.75. The average molecular weight is 326 g/mol. The van der Waals surface area contributed by atoms with E-state index in [4.69, 9.17) is 10.2 Å². The van der Waals surface area contributed by atoms with Crippen molar-refractivity contribution in [3.05, 3.63) is 52.3 Å². The lowest BCUT2D eigenvalue weighted by atomic mass is 10.0. The van der Waals surface area contributed by atoms with E-state index in [1.807, 2.05) is 0 Å². The van der Waals surface area contributed by atoms with Crippen molar-refractivity contribution < 1.29 is 24.6 Å². The van der Waals surface area contributed by atoms with Gasteiger partial charge in [0.15, 0.2) is 5.43 Å². The smallest absolute Gasteiger partial charge is 0.394 e. The molecule has 3 aromatic rings. The number of H-pyrrole nitrogens is 1. The topological polar surface area (TPSA) is 137 Å². The van der Waals surface area contributed by atoms with E-state index in [9.17, 15) is 19.2 Å². The van der Waals surface area contributed by atoms with Gasteiger partial charge in [0.25, 0.3) is 0 Å². The fourth-order valence-electron chi connectivity index (χ4n) is 2.48. The van der Waals surface area contributed by atoms with Gasteiger partial charge in [0.2, 0.25) is 0 Å². The lowest BCUT2D eigenvalue weighted by molar-refractivity contribution is -0.147. The van der Waals surface area contributed by atoms with Crippen molar-refractivity contribution in [2.45, 2.75) is 0 Å². The second-order valence-electron chi connectivity index (χ2n) is 5.00. The van der Waals surface area contributed by atoms with Crippen LogP contribution in [0.25, 0.3) is 21.7 Å². The first-order chi connectivity index (χ1) is 11.4. The first kappa shape index (κ1) is 15.2. The summed E-state index contributed by atoms with van der Waals surface area (Å²) in [7, 11) is 0. The number of rotatable bonds is 2. The highest BCUT2D eigenvalue weighted by atomic mass is 16.4. The third kappa shape index (κ3) is 2.45. The average Bonchev–Trinajstić information content (AvgIpc) is 2.55. The Morgan fingerprint density at radius 1 is 0.958 bits per heavy atom. The minimum atomic E-state index is -1.66. The number of hydrogen-bond donors (Lipinski definition) is 4. The summed E-state index contributed by atoms with van der Waals surface area (Å²) in [6.07, 6.45) is 0. The quantitative estimate of drug-likeness (QED) is 0.415. The number of carbonyl (C=O) groups is 3. The third-order valence-electron chi connectivity index (χ3n) is 3.52. The summed E-state index contributed by atoms with van der Waals surface area (Å²) in [6.45, 7) is 0. The zero-order chi connectivity index (χ0) is 17.4. The van der Waals surface area contributed by atoms with Crippen LogP contribution in [0.4, 0.5) is 5.69 Å². The van der Waals surface area contributed by atoms with Crippen molar-refractivity contribution in [3.8, 4) is 0 Å². The molecule has 0 saturated carbocycles. The fourth-order valence-corrected chi connectivity index (χ4v) is 2.48. The number of anilines is 1. The van der Waals surface area contributed by atoms with Crippen molar-refractivity contribution >= 4 is 45.2 Å². The Kier molecular flexibility index (Phi) is 3.49. The summed E-state index contributed by atoms with van der Waals surface area (Å²) in [6, 6.07) is 8.86. The van der Waals surface area contributed by atoms with Crippen LogP contribution < -0.4 is 10.7 Å². The Morgan fingerprint density at radius 2 is 1.62 bits per heavy atom. The van der Waals surface area contributed by atoms with Gasteiger partial charge in [-0.3, -0.25) is 9.59 Å². The number of fused-ring (bicyclic) bond motifs is 3. The number of hydrogen-bond acceptors (Lipinski definition) is 4. The maximum atomic E-state index is 12.2. The Hall–Kier alpha value is -3.68. The normalized spacial score (nSPS) is 10.7. The van der Waals surface area contributed by atoms with E-state index in [1.165, 1.54) is 6.07 Å². The second kappa shape index (κ2) is 5.51. The largest absolute Gasteiger partial charge is 0.477 e. The standard InChI is InChI=1S/C16H10N2O6/c19-12-6-11(15(21)22)17-13-8-4-2-1-3-7(8)10(5-9(12)13)18-14(20)16(23)24/h1-6H,(H,17,19)(H,18,20)(H,21,22)(H,23,24). The molecule has 0 radical (unpaired) electrons. The number of aromatic nitrogens is 1. The minimum absolute atomic E-state index is 0.138. The zero-order valence-electron chi connectivity index (χ0n) is 12.0. The molecule has 0 aliphatic heterocycles. The predicted molar refractivity (Wildman–Crippen MR) is 85.3 cm³/mol. The van der Waals surface area contributed by atoms with Crippen LogP contribution in [0.1, 0.15) is 10.5 Å². The van der Waals surface area contributed by atoms with Crippen molar-refractivity contribution in [1.29, 1.82) is 0 Å². The fraction of sp³-hybridized carbons (Fsp3) is 0. The Balaban J connectivity index is 2.39. The van der Waals surface area contributed by atoms with E-state index < -0.39 is 23.3 Å². The molecule has 24 heavy (non-hydrogen) atoms. The lowest BCUT2D eigenvalue weighted by Gasteiger charge is -2.11. The van der Waals surface area contributed by atoms with Gasteiger partial charge in [-0.25, -0.2) is 9.59 Å². The SMILES string of the molecule is O=C(O)C(=O)Nc1cc2c(=O)cc(C(=O)O)[nH]c2c2ccccc12. The van der Waals surface area contributed by atoms with Crippen molar-refractivity contribution in [2.75, 3.05) is 5.32 Å². The van der Waals surface area contributed by atoms with Gasteiger partial charge in [-0.15, -0.1) is 0 Å². The van der Waals surface area contributed by atoms with Crippen LogP contribution in [-0.2, 0) is 9.59 Å². The van der Waals surface area contributed by atoms with Crippen LogP contribution >= 0.6 is 0 Å². The number of aromatic amines is 1. The summed E-state index contributed by atoms with van der Waals surface area (Å²) in [5, 5.41) is 21.1. The summed E-state index contributed by atoms with van der Waals surface area (Å²) in [4.78, 5) is 48.2. The molecule has 1 aromatic heterocycles. The van der Waals surface area contributed by atoms with Crippen molar-refractivity contribution in [3.63, 3.8) is 0 Å². The highest BCUT2D eigenvalue weighted by Gasteiger charge is 2.16. The molecular formula is C16H10N2O6. The van der Waals surface area contributed by atoms with E-state index in [0.717, 1.165) is 6.07 Å². The van der Waals surface area contributed by atoms with Crippen LogP contribution in [0.2, 0.25) is 0 Å². The number of aliphatic carboxylic acids is 1. The van der Waals surface area contributed by atoms with Crippen LogP contribution in [0, 0.1) is 0 Å². The van der Waals surface area contributed by atoms with E-state index in [-0.39, 0.29) is 16.8 Å². The summed E-state index contributed by atoms with van der Waals surface area (Å²) < 4.78 is 0. The zero-order valence-corrected chi connectivity index (χ0v) is 12.0. The van der Waals surface area contributed by atoms with Gasteiger partial charge >= 0.3 is 17.8 Å². The van der Waals surface area contributed by atoms with E-state index in [2.05, 4.69) is 10.3 Å². The molecule has 3 rings (SSSR count). The molecule has 2 aromatic carbocycles. The molecule has 4 N–H and O–H groups in total. The van der Waals surface area contributed by atoms with Gasteiger partial charge < -0.3 is 20.5 Å². The first-order valence-corrected chi connectivity index (χ1v) is 6.75. The number of aromatic carboxylic acids is 1. The molecule has 0 aliphatic rings. The van der Waals surface area contributed by atoms with Crippen LogP contribution in [0.3, 0.4) is 0 Å². The molecule has 8 nitrogen and oxygen atoms in total. The highest BCUT2D eigenvalue weighted by Crippen LogP contribution is 2.29. The molecule has 0 atom stereocenters. The second-order valence-corrected chi connectivity index (χ2v) is 5.00. The Labute approximate surface area is 133 Å². The molecule has 120 valence electrons. The number of pyridine rings is 1. The van der Waals surface area contributed by atoms with Crippen LogP contribution in [0.5, 0.6) is 0 Å². The number of carboxylic acids is 2. The molecule has 0 bridgehead atoms. The molecule has 8 heteroatoms. The van der Waals surface area contributed by atoms with Gasteiger partial charge in [0.05, 0.1) is 11.2 Å². The minimum Gasteiger partial charge on any atom is -0.477 e. The van der Waals surface area contributed by atoms with Gasteiger partial charge in [0, 0.05) is 22.2 Å². The number of nitrogens with one attached hydrogen (secondary N) is 2. The molecular weight excluding hydrogens is 316 g/mol. The molecule has 0 aliphatic carbocycles. The summed E-state index contributed by atoms with van der Waals surface area (Å²) in [5.41, 5.74) is -0.374. The monoisotopic (exact) mass is 326 g/mol. The van der Waals surface area contributed by atoms with Gasteiger partial charge in [0.1, 0.15) is 5.69 Å². The maximum absolute atomic E-state index is 12.2. The number of benzene rings is 2. The summed E-state index contributed by atoms with van der Waals surface area (Å²) >= 11 is 0. The number of carboxylic acid groups (broad SMARTS) is 2. The van der Waals surface area contributed by atoms with Gasteiger partial charge in [-0.2, -0.15) is 0 Å². The molecule has 0 spiro atoms. The molecule has 1 amide bonds. The molecule has 1 heterocycles. The molecule has 0 saturated heterocycles. The van der Waals surface area contributed by atoms with Crippen molar-refractivity contribution in [2.24, 2.45) is 0 Å². The van der Waals surface area contributed by atoms with E-state index >= 15 is 0 Å². The Bertz CT molecular complexity index is 1080. The van der Waals surface area contributed by atoms with Crippen molar-refractivity contribution in [1.82, 2.24) is 4.98 Å². The van der Waals surface area contributed by atoms with Crippen LogP contribution in [0.15, 0.2) is 41.2 Å². The van der Waals surface area contributed by atoms with Crippen LogP contribution in [-0.4, -0.2) is 33.0 Å². The predicted octanol–water partition coefficient (Wildman–Crippen LogP) is 1.40. The highest BCUT2D eigenvalue weighted by molar-refractivity contribution is 6.37. The van der Waals surface area contributed by atoms with Gasteiger partial charge in [-0.05, 0) is 6.07 Å².